The summed E-state index contributed by atoms with van der Waals surface area (Å²) in [5.41, 5.74) is 0. The third kappa shape index (κ3) is 2.80. The fraction of sp³-hybridized carbons (Fsp3) is 0.556. The van der Waals surface area contributed by atoms with E-state index in [1.165, 1.54) is 6.33 Å². The van der Waals surface area contributed by atoms with Crippen LogP contribution in [-0.4, -0.2) is 29.3 Å². The molecule has 1 fully saturated rings. The van der Waals surface area contributed by atoms with Gasteiger partial charge in [-0.05, 0) is 15.9 Å². The van der Waals surface area contributed by atoms with Crippen molar-refractivity contribution in [1.29, 1.82) is 0 Å². The Morgan fingerprint density at radius 3 is 2.87 bits per heavy atom. The monoisotopic (exact) mass is 292 g/mol. The molecule has 2 heterocycles. The number of halogens is 2. The molecule has 0 spiro atoms. The molecule has 0 unspecified atom stereocenters. The van der Waals surface area contributed by atoms with Crippen LogP contribution < -0.4 is 4.74 Å². The van der Waals surface area contributed by atoms with Crippen LogP contribution in [0.5, 0.6) is 5.88 Å². The molecule has 82 valence electrons. The predicted octanol–water partition coefficient (Wildman–Crippen LogP) is 2.45. The molecule has 0 aliphatic carbocycles. The van der Waals surface area contributed by atoms with Crippen molar-refractivity contribution >= 4 is 27.5 Å². The Bertz CT molecular complexity index is 345. The Labute approximate surface area is 101 Å². The highest BCUT2D eigenvalue weighted by Gasteiger charge is 2.18. The third-order valence-electron chi connectivity index (χ3n) is 2.16. The predicted molar refractivity (Wildman–Crippen MR) is 59.2 cm³/mol. The first-order valence-electron chi connectivity index (χ1n) is 4.68. The second-order valence-electron chi connectivity index (χ2n) is 3.21. The molecule has 2 rings (SSSR count). The maximum absolute atomic E-state index is 5.83. The van der Waals surface area contributed by atoms with Gasteiger partial charge in [0, 0.05) is 12.8 Å². The average Bonchev–Trinajstić information content (AvgIpc) is 2.26. The summed E-state index contributed by atoms with van der Waals surface area (Å²) >= 11 is 9.12. The summed E-state index contributed by atoms with van der Waals surface area (Å²) in [5, 5.41) is 0.368. The van der Waals surface area contributed by atoms with E-state index in [0.717, 1.165) is 26.1 Å². The van der Waals surface area contributed by atoms with Crippen LogP contribution in [-0.2, 0) is 4.74 Å². The molecule has 0 radical (unpaired) electrons. The smallest absolute Gasteiger partial charge is 0.232 e. The summed E-state index contributed by atoms with van der Waals surface area (Å²) in [6.07, 6.45) is 3.31. The third-order valence-corrected chi connectivity index (χ3v) is 3.39. The first kappa shape index (κ1) is 11.1. The lowest BCUT2D eigenvalue weighted by atomic mass is 10.2. The molecular formula is C9H10BrClN2O2. The van der Waals surface area contributed by atoms with Crippen LogP contribution in [0.25, 0.3) is 0 Å². The maximum Gasteiger partial charge on any atom is 0.232 e. The zero-order chi connectivity index (χ0) is 10.7. The van der Waals surface area contributed by atoms with E-state index in [-0.39, 0.29) is 6.10 Å². The number of rotatable bonds is 2. The maximum atomic E-state index is 5.83. The van der Waals surface area contributed by atoms with Gasteiger partial charge in [0.15, 0.2) is 5.15 Å². The summed E-state index contributed by atoms with van der Waals surface area (Å²) in [6.45, 7) is 1.47. The van der Waals surface area contributed by atoms with Crippen LogP contribution in [0.4, 0.5) is 0 Å². The van der Waals surface area contributed by atoms with Gasteiger partial charge in [0.1, 0.15) is 16.9 Å². The second-order valence-corrected chi connectivity index (χ2v) is 4.36. The van der Waals surface area contributed by atoms with E-state index in [1.54, 1.807) is 0 Å². The standard InChI is InChI=1S/C9H10BrClN2O2/c10-7-8(11)12-5-13-9(7)15-6-1-3-14-4-2-6/h5-6H,1-4H2. The van der Waals surface area contributed by atoms with Crippen molar-refractivity contribution in [2.45, 2.75) is 18.9 Å². The minimum absolute atomic E-state index is 0.154. The first-order chi connectivity index (χ1) is 7.27. The number of nitrogens with zero attached hydrogens (tertiary/aromatic N) is 2. The minimum atomic E-state index is 0.154. The zero-order valence-corrected chi connectivity index (χ0v) is 10.3. The summed E-state index contributed by atoms with van der Waals surface area (Å²) in [4.78, 5) is 7.86. The molecule has 0 N–H and O–H groups in total. The summed E-state index contributed by atoms with van der Waals surface area (Å²) in [6, 6.07) is 0. The molecule has 0 atom stereocenters. The molecule has 15 heavy (non-hydrogen) atoms. The van der Waals surface area contributed by atoms with Gasteiger partial charge >= 0.3 is 0 Å². The Kier molecular flexibility index (Phi) is 3.77. The van der Waals surface area contributed by atoms with Gasteiger partial charge in [0.05, 0.1) is 13.2 Å². The number of aromatic nitrogens is 2. The molecule has 0 bridgehead atoms. The fourth-order valence-electron chi connectivity index (χ4n) is 1.37. The van der Waals surface area contributed by atoms with Crippen molar-refractivity contribution in [2.24, 2.45) is 0 Å². The largest absolute Gasteiger partial charge is 0.473 e. The van der Waals surface area contributed by atoms with Gasteiger partial charge in [-0.2, -0.15) is 0 Å². The SMILES string of the molecule is Clc1ncnc(OC2CCOCC2)c1Br. The van der Waals surface area contributed by atoms with E-state index in [1.807, 2.05) is 0 Å². The molecule has 1 saturated heterocycles. The molecule has 1 aromatic heterocycles. The topological polar surface area (TPSA) is 44.2 Å². The highest BCUT2D eigenvalue weighted by molar-refractivity contribution is 9.10. The highest BCUT2D eigenvalue weighted by atomic mass is 79.9. The van der Waals surface area contributed by atoms with E-state index in [4.69, 9.17) is 21.1 Å². The summed E-state index contributed by atoms with van der Waals surface area (Å²) < 4.78 is 11.6. The van der Waals surface area contributed by atoms with Gasteiger partial charge in [-0.25, -0.2) is 9.97 Å². The van der Waals surface area contributed by atoms with Crippen molar-refractivity contribution in [3.8, 4) is 5.88 Å². The van der Waals surface area contributed by atoms with Crippen molar-refractivity contribution in [3.63, 3.8) is 0 Å². The lowest BCUT2D eigenvalue weighted by molar-refractivity contribution is 0.0233. The van der Waals surface area contributed by atoms with E-state index < -0.39 is 0 Å². The minimum Gasteiger partial charge on any atom is -0.473 e. The van der Waals surface area contributed by atoms with E-state index in [0.29, 0.717) is 15.5 Å². The van der Waals surface area contributed by atoms with Crippen LogP contribution in [0.15, 0.2) is 10.8 Å². The van der Waals surface area contributed by atoms with Crippen LogP contribution in [0.2, 0.25) is 5.15 Å². The van der Waals surface area contributed by atoms with Gasteiger partial charge in [-0.1, -0.05) is 11.6 Å². The second kappa shape index (κ2) is 5.09. The zero-order valence-electron chi connectivity index (χ0n) is 7.95. The molecule has 6 heteroatoms. The molecule has 1 aliphatic rings. The van der Waals surface area contributed by atoms with Crippen LogP contribution in [0, 0.1) is 0 Å². The van der Waals surface area contributed by atoms with Crippen molar-refractivity contribution in [3.05, 3.63) is 16.0 Å². The van der Waals surface area contributed by atoms with Crippen LogP contribution >= 0.6 is 27.5 Å². The van der Waals surface area contributed by atoms with Gasteiger partial charge in [0.2, 0.25) is 5.88 Å². The number of ether oxygens (including phenoxy) is 2. The molecule has 0 saturated carbocycles. The Morgan fingerprint density at radius 2 is 2.13 bits per heavy atom. The summed E-state index contributed by atoms with van der Waals surface area (Å²) in [7, 11) is 0. The highest BCUT2D eigenvalue weighted by Crippen LogP contribution is 2.29. The van der Waals surface area contributed by atoms with Gasteiger partial charge in [-0.15, -0.1) is 0 Å². The lowest BCUT2D eigenvalue weighted by Crippen LogP contribution is -2.26. The molecule has 0 aromatic carbocycles. The van der Waals surface area contributed by atoms with Crippen LogP contribution in [0.3, 0.4) is 0 Å². The Balaban J connectivity index is 2.06. The van der Waals surface area contributed by atoms with Gasteiger partial charge in [-0.3, -0.25) is 0 Å². The normalized spacial score (nSPS) is 17.7. The van der Waals surface area contributed by atoms with E-state index >= 15 is 0 Å². The van der Waals surface area contributed by atoms with Gasteiger partial charge in [0.25, 0.3) is 0 Å². The summed E-state index contributed by atoms with van der Waals surface area (Å²) in [5.74, 6) is 0.502. The molecular weight excluding hydrogens is 283 g/mol. The molecule has 1 aliphatic heterocycles. The molecule has 1 aromatic rings. The lowest BCUT2D eigenvalue weighted by Gasteiger charge is -2.23. The van der Waals surface area contributed by atoms with Gasteiger partial charge < -0.3 is 9.47 Å². The quantitative estimate of drug-likeness (QED) is 0.786. The number of hydrogen-bond donors (Lipinski definition) is 0. The van der Waals surface area contributed by atoms with Crippen molar-refractivity contribution in [1.82, 2.24) is 9.97 Å². The van der Waals surface area contributed by atoms with Crippen LogP contribution in [0.1, 0.15) is 12.8 Å². The van der Waals surface area contributed by atoms with E-state index in [9.17, 15) is 0 Å². The Morgan fingerprint density at radius 1 is 1.40 bits per heavy atom. The first-order valence-corrected chi connectivity index (χ1v) is 5.85. The average molecular weight is 294 g/mol. The molecule has 0 amide bonds. The molecule has 4 nitrogen and oxygen atoms in total. The van der Waals surface area contributed by atoms with E-state index in [2.05, 4.69) is 25.9 Å². The number of hydrogen-bond acceptors (Lipinski definition) is 4. The Hall–Kier alpha value is -0.390. The fourth-order valence-corrected chi connectivity index (χ4v) is 1.79. The van der Waals surface area contributed by atoms with Crippen molar-refractivity contribution in [2.75, 3.05) is 13.2 Å². The van der Waals surface area contributed by atoms with Crippen molar-refractivity contribution < 1.29 is 9.47 Å².